The molecule has 3 heteroatoms. The van der Waals surface area contributed by atoms with E-state index in [0.29, 0.717) is 0 Å². The first-order valence-corrected chi connectivity index (χ1v) is 21.5. The molecule has 0 saturated carbocycles. The molecule has 0 N–H and O–H groups in total. The number of benzene rings is 9. The van der Waals surface area contributed by atoms with Crippen LogP contribution in [0.15, 0.2) is 237 Å². The van der Waals surface area contributed by atoms with Crippen molar-refractivity contribution < 1.29 is 0 Å². The number of hydrogen-bond donors (Lipinski definition) is 0. The summed E-state index contributed by atoms with van der Waals surface area (Å²) in [5, 5.41) is 5.06. The van der Waals surface area contributed by atoms with E-state index >= 15 is 0 Å². The SMILES string of the molecule is c1ccc(-c2c3c(c(-c4ccccc4)c4ccccc24)-c2ccc(-c4cccc(N(c5ccccc5)c5cc(-c6ccccn6)cc(-c6ccccn6)c5)c4)c4cccc-3c24)cc1. The Bertz CT molecular complexity index is 3330. The summed E-state index contributed by atoms with van der Waals surface area (Å²) < 4.78 is 0. The largest absolute Gasteiger partial charge is 0.310 e. The summed E-state index contributed by atoms with van der Waals surface area (Å²) in [5.74, 6) is 0. The lowest BCUT2D eigenvalue weighted by atomic mass is 9.82. The molecule has 3 nitrogen and oxygen atoms in total. The van der Waals surface area contributed by atoms with Crippen molar-refractivity contribution in [2.45, 2.75) is 0 Å². The van der Waals surface area contributed by atoms with Crippen LogP contribution in [0, 0.1) is 0 Å². The zero-order chi connectivity index (χ0) is 41.7. The number of rotatable bonds is 8. The molecule has 12 rings (SSSR count). The van der Waals surface area contributed by atoms with E-state index in [1.54, 1.807) is 0 Å². The van der Waals surface area contributed by atoms with Gasteiger partial charge in [-0.2, -0.15) is 0 Å². The second-order valence-electron chi connectivity index (χ2n) is 16.1. The first-order chi connectivity index (χ1) is 31.3. The van der Waals surface area contributed by atoms with Crippen molar-refractivity contribution in [3.63, 3.8) is 0 Å². The van der Waals surface area contributed by atoms with Crippen molar-refractivity contribution >= 4 is 38.6 Å². The molecule has 9 aromatic carbocycles. The molecule has 1 aliphatic rings. The fraction of sp³-hybridized carbons (Fsp3) is 0. The fourth-order valence-electron chi connectivity index (χ4n) is 9.80. The third-order valence-corrected chi connectivity index (χ3v) is 12.4. The van der Waals surface area contributed by atoms with Crippen LogP contribution in [-0.4, -0.2) is 9.97 Å². The van der Waals surface area contributed by atoms with Crippen LogP contribution in [0.3, 0.4) is 0 Å². The summed E-state index contributed by atoms with van der Waals surface area (Å²) in [6, 6.07) is 80.8. The highest BCUT2D eigenvalue weighted by Gasteiger charge is 2.31. The van der Waals surface area contributed by atoms with E-state index in [-0.39, 0.29) is 0 Å². The van der Waals surface area contributed by atoms with Gasteiger partial charge in [0.25, 0.3) is 0 Å². The van der Waals surface area contributed by atoms with Crippen LogP contribution in [0.4, 0.5) is 17.1 Å². The molecule has 0 aliphatic heterocycles. The third-order valence-electron chi connectivity index (χ3n) is 12.4. The highest BCUT2D eigenvalue weighted by atomic mass is 15.1. The molecule has 63 heavy (non-hydrogen) atoms. The molecule has 294 valence electrons. The highest BCUT2D eigenvalue weighted by molar-refractivity contribution is 6.28. The number of nitrogens with zero attached hydrogens (tertiary/aromatic N) is 3. The van der Waals surface area contributed by atoms with Gasteiger partial charge >= 0.3 is 0 Å². The van der Waals surface area contributed by atoms with Gasteiger partial charge in [0, 0.05) is 40.6 Å². The summed E-state index contributed by atoms with van der Waals surface area (Å²) in [4.78, 5) is 11.9. The predicted molar refractivity (Wildman–Crippen MR) is 263 cm³/mol. The summed E-state index contributed by atoms with van der Waals surface area (Å²) in [5.41, 5.74) is 19.5. The van der Waals surface area contributed by atoms with Gasteiger partial charge in [-0.25, -0.2) is 0 Å². The highest BCUT2D eigenvalue weighted by Crippen LogP contribution is 2.58. The van der Waals surface area contributed by atoms with Crippen molar-refractivity contribution in [2.24, 2.45) is 0 Å². The van der Waals surface area contributed by atoms with Gasteiger partial charge in [0.05, 0.1) is 11.4 Å². The summed E-state index contributed by atoms with van der Waals surface area (Å²) >= 11 is 0. The smallest absolute Gasteiger partial charge is 0.0702 e. The van der Waals surface area contributed by atoms with Crippen LogP contribution in [0.2, 0.25) is 0 Å². The molecule has 2 heterocycles. The Morgan fingerprint density at radius 3 is 1.32 bits per heavy atom. The standard InChI is InChI=1S/C60H39N3/c1-4-18-40(19-5-1)56-50-26-10-11-27-51(50)57(41-20-6-2-7-21-41)60-53-33-32-48(49-28-17-29-52(58(49)53)59(56)60)42-22-16-25-46(37-42)63(45-23-8-3-9-24-45)47-38-43(54-30-12-14-34-61-54)36-44(39-47)55-31-13-15-35-62-55/h1-39H. The van der Waals surface area contributed by atoms with Crippen molar-refractivity contribution in [3.8, 4) is 78.1 Å². The molecule has 0 fully saturated rings. The molecule has 11 aromatic rings. The molecule has 0 radical (unpaired) electrons. The van der Waals surface area contributed by atoms with Crippen LogP contribution < -0.4 is 4.90 Å². The zero-order valence-electron chi connectivity index (χ0n) is 34.4. The van der Waals surface area contributed by atoms with Gasteiger partial charge in [-0.15, -0.1) is 0 Å². The molecule has 0 amide bonds. The Balaban J connectivity index is 1.07. The average molecular weight is 802 g/mol. The van der Waals surface area contributed by atoms with Gasteiger partial charge in [-0.05, 0) is 144 Å². The van der Waals surface area contributed by atoms with Crippen molar-refractivity contribution in [3.05, 3.63) is 237 Å². The Hall–Kier alpha value is -8.40. The summed E-state index contributed by atoms with van der Waals surface area (Å²) in [7, 11) is 0. The second kappa shape index (κ2) is 15.3. The lowest BCUT2D eigenvalue weighted by Gasteiger charge is -2.27. The quantitative estimate of drug-likeness (QED) is 0.153. The first-order valence-electron chi connectivity index (χ1n) is 21.5. The fourth-order valence-corrected chi connectivity index (χ4v) is 9.80. The number of fused-ring (bicyclic) bond motifs is 4. The third kappa shape index (κ3) is 6.21. The number of anilines is 3. The van der Waals surface area contributed by atoms with E-state index in [4.69, 9.17) is 9.97 Å². The minimum Gasteiger partial charge on any atom is -0.310 e. The van der Waals surface area contributed by atoms with Crippen molar-refractivity contribution in [1.82, 2.24) is 9.97 Å². The van der Waals surface area contributed by atoms with Gasteiger partial charge in [-0.3, -0.25) is 9.97 Å². The molecule has 0 bridgehead atoms. The maximum Gasteiger partial charge on any atom is 0.0702 e. The van der Waals surface area contributed by atoms with Gasteiger partial charge in [0.15, 0.2) is 0 Å². The molecule has 1 aliphatic carbocycles. The topological polar surface area (TPSA) is 29.0 Å². The van der Waals surface area contributed by atoms with E-state index in [0.717, 1.165) is 45.1 Å². The van der Waals surface area contributed by atoms with Gasteiger partial charge in [0.2, 0.25) is 0 Å². The second-order valence-corrected chi connectivity index (χ2v) is 16.1. The maximum atomic E-state index is 4.77. The average Bonchev–Trinajstić information content (AvgIpc) is 3.69. The van der Waals surface area contributed by atoms with Gasteiger partial charge in [-0.1, -0.05) is 158 Å². The van der Waals surface area contributed by atoms with Crippen molar-refractivity contribution in [1.29, 1.82) is 0 Å². The van der Waals surface area contributed by atoms with Crippen LogP contribution in [-0.2, 0) is 0 Å². The lowest BCUT2D eigenvalue weighted by Crippen LogP contribution is -2.10. The number of para-hydroxylation sites is 1. The molecular weight excluding hydrogens is 763 g/mol. The molecule has 2 aromatic heterocycles. The Morgan fingerprint density at radius 1 is 0.270 bits per heavy atom. The molecule has 0 unspecified atom stereocenters. The van der Waals surface area contributed by atoms with E-state index < -0.39 is 0 Å². The minimum absolute atomic E-state index is 0.908. The van der Waals surface area contributed by atoms with Crippen LogP contribution in [0.25, 0.3) is 99.7 Å². The van der Waals surface area contributed by atoms with Gasteiger partial charge in [0.1, 0.15) is 0 Å². The maximum absolute atomic E-state index is 4.77. The molecule has 0 atom stereocenters. The Kier molecular flexibility index (Phi) is 8.83. The van der Waals surface area contributed by atoms with Crippen LogP contribution in [0.5, 0.6) is 0 Å². The summed E-state index contributed by atoms with van der Waals surface area (Å²) in [6.07, 6.45) is 3.70. The molecule has 0 saturated heterocycles. The zero-order valence-corrected chi connectivity index (χ0v) is 34.4. The van der Waals surface area contributed by atoms with E-state index in [1.165, 1.54) is 71.6 Å². The Morgan fingerprint density at radius 2 is 0.730 bits per heavy atom. The number of hydrogen-bond acceptors (Lipinski definition) is 3. The van der Waals surface area contributed by atoms with E-state index in [1.807, 2.05) is 36.7 Å². The van der Waals surface area contributed by atoms with E-state index in [2.05, 4.69) is 205 Å². The van der Waals surface area contributed by atoms with Gasteiger partial charge < -0.3 is 4.90 Å². The van der Waals surface area contributed by atoms with Crippen LogP contribution in [0.1, 0.15) is 0 Å². The number of pyridine rings is 2. The van der Waals surface area contributed by atoms with E-state index in [9.17, 15) is 0 Å². The van der Waals surface area contributed by atoms with Crippen LogP contribution >= 0.6 is 0 Å². The molecular formula is C60H39N3. The Labute approximate surface area is 366 Å². The minimum atomic E-state index is 0.908. The van der Waals surface area contributed by atoms with Crippen molar-refractivity contribution in [2.75, 3.05) is 4.90 Å². The first kappa shape index (κ1) is 36.5. The monoisotopic (exact) mass is 801 g/mol. The number of aromatic nitrogens is 2. The molecule has 0 spiro atoms. The normalized spacial score (nSPS) is 11.5. The lowest BCUT2D eigenvalue weighted by molar-refractivity contribution is 1.26. The predicted octanol–water partition coefficient (Wildman–Crippen LogP) is 16.2. The summed E-state index contributed by atoms with van der Waals surface area (Å²) in [6.45, 7) is 0.